The lowest BCUT2D eigenvalue weighted by Crippen LogP contribution is -2.36. The molecule has 0 saturated carbocycles. The first-order valence-corrected chi connectivity index (χ1v) is 8.82. The van der Waals surface area contributed by atoms with Gasteiger partial charge >= 0.3 is 5.97 Å². The topological polar surface area (TPSA) is 59.8 Å². The quantitative estimate of drug-likeness (QED) is 0.568. The molecule has 3 rings (SSSR count). The van der Waals surface area contributed by atoms with Gasteiger partial charge in [-0.05, 0) is 48.4 Å². The first kappa shape index (κ1) is 18.7. The van der Waals surface area contributed by atoms with Crippen molar-refractivity contribution in [2.45, 2.75) is 6.42 Å². The number of carbonyl (C=O) groups is 2. The van der Waals surface area contributed by atoms with Gasteiger partial charge < -0.3 is 14.1 Å². The van der Waals surface area contributed by atoms with E-state index in [4.69, 9.17) is 20.8 Å². The Morgan fingerprint density at radius 2 is 1.70 bits per heavy atom. The van der Waals surface area contributed by atoms with Crippen molar-refractivity contribution in [3.05, 3.63) is 89.3 Å². The number of rotatable bonds is 7. The van der Waals surface area contributed by atoms with Crippen molar-refractivity contribution in [1.29, 1.82) is 0 Å². The van der Waals surface area contributed by atoms with Crippen LogP contribution >= 0.6 is 11.6 Å². The Morgan fingerprint density at radius 3 is 2.37 bits per heavy atom. The second kappa shape index (κ2) is 9.05. The second-order valence-corrected chi connectivity index (χ2v) is 6.25. The summed E-state index contributed by atoms with van der Waals surface area (Å²) < 4.78 is 10.1. The summed E-state index contributed by atoms with van der Waals surface area (Å²) in [5, 5.41) is 0.582. The zero-order chi connectivity index (χ0) is 19.1. The van der Waals surface area contributed by atoms with Gasteiger partial charge in [0.1, 0.15) is 0 Å². The highest BCUT2D eigenvalue weighted by Crippen LogP contribution is 2.19. The summed E-state index contributed by atoms with van der Waals surface area (Å²) >= 11 is 5.95. The number of nitrogens with zero attached hydrogens (tertiary/aromatic N) is 1. The van der Waals surface area contributed by atoms with E-state index in [-0.39, 0.29) is 18.3 Å². The Hall–Kier alpha value is -3.05. The van der Waals surface area contributed by atoms with Crippen molar-refractivity contribution in [1.82, 2.24) is 0 Å². The third-order valence-electron chi connectivity index (χ3n) is 3.96. The predicted molar refractivity (Wildman–Crippen MR) is 103 cm³/mol. The van der Waals surface area contributed by atoms with E-state index < -0.39 is 5.97 Å². The van der Waals surface area contributed by atoms with E-state index in [1.54, 1.807) is 35.2 Å². The van der Waals surface area contributed by atoms with Crippen LogP contribution in [0.4, 0.5) is 5.69 Å². The van der Waals surface area contributed by atoms with Crippen molar-refractivity contribution in [2.75, 3.05) is 18.1 Å². The third-order valence-corrected chi connectivity index (χ3v) is 4.21. The van der Waals surface area contributed by atoms with Gasteiger partial charge in [-0.15, -0.1) is 0 Å². The molecule has 0 fully saturated rings. The number of halogens is 1. The van der Waals surface area contributed by atoms with Crippen molar-refractivity contribution < 1.29 is 18.7 Å². The Morgan fingerprint density at radius 1 is 0.963 bits per heavy atom. The fraction of sp³-hybridized carbons (Fsp3) is 0.143. The maximum absolute atomic E-state index is 12.7. The van der Waals surface area contributed by atoms with E-state index in [2.05, 4.69) is 0 Å². The molecule has 0 N–H and O–H groups in total. The standard InChI is InChI=1S/C21H18ClNO4/c22-17-8-10-18(11-9-17)23(13-12-16-5-2-1-3-6-16)20(24)15-27-21(25)19-7-4-14-26-19/h1-11,14H,12-13,15H2. The molecule has 0 bridgehead atoms. The predicted octanol–water partition coefficient (Wildman–Crippen LogP) is 4.37. The minimum Gasteiger partial charge on any atom is -0.457 e. The smallest absolute Gasteiger partial charge is 0.374 e. The maximum atomic E-state index is 12.7. The summed E-state index contributed by atoms with van der Waals surface area (Å²) in [5.74, 6) is -0.939. The van der Waals surface area contributed by atoms with E-state index in [1.165, 1.54) is 12.3 Å². The lowest BCUT2D eigenvalue weighted by Gasteiger charge is -2.23. The summed E-state index contributed by atoms with van der Waals surface area (Å²) in [5.41, 5.74) is 1.80. The minimum atomic E-state index is -0.674. The molecule has 0 aliphatic carbocycles. The molecule has 2 aromatic carbocycles. The van der Waals surface area contributed by atoms with Crippen LogP contribution in [0.15, 0.2) is 77.4 Å². The number of anilines is 1. The number of esters is 1. The van der Waals surface area contributed by atoms with Gasteiger partial charge in [0, 0.05) is 17.3 Å². The monoisotopic (exact) mass is 383 g/mol. The van der Waals surface area contributed by atoms with E-state index >= 15 is 0 Å². The molecule has 0 unspecified atom stereocenters. The summed E-state index contributed by atoms with van der Waals surface area (Å²) in [6, 6.07) is 19.9. The number of ether oxygens (including phenoxy) is 1. The van der Waals surface area contributed by atoms with Crippen LogP contribution in [0.3, 0.4) is 0 Å². The normalized spacial score (nSPS) is 10.4. The van der Waals surface area contributed by atoms with Gasteiger partial charge in [-0.2, -0.15) is 0 Å². The van der Waals surface area contributed by atoms with Crippen molar-refractivity contribution >= 4 is 29.2 Å². The molecule has 138 valence electrons. The van der Waals surface area contributed by atoms with E-state index in [0.29, 0.717) is 23.7 Å². The summed E-state index contributed by atoms with van der Waals surface area (Å²) in [7, 11) is 0. The average Bonchev–Trinajstić information content (AvgIpc) is 3.23. The van der Waals surface area contributed by atoms with Gasteiger partial charge in [0.25, 0.3) is 5.91 Å². The third kappa shape index (κ3) is 5.21. The highest BCUT2D eigenvalue weighted by atomic mass is 35.5. The molecule has 5 nitrogen and oxygen atoms in total. The number of hydrogen-bond acceptors (Lipinski definition) is 4. The molecule has 1 aromatic heterocycles. The van der Waals surface area contributed by atoms with Gasteiger partial charge in [-0.25, -0.2) is 4.79 Å². The highest BCUT2D eigenvalue weighted by molar-refractivity contribution is 6.30. The molecule has 0 aliphatic heterocycles. The molecule has 1 amide bonds. The Balaban J connectivity index is 1.69. The molecular formula is C21H18ClNO4. The van der Waals surface area contributed by atoms with Crippen LogP contribution in [-0.4, -0.2) is 25.0 Å². The van der Waals surface area contributed by atoms with Crippen LogP contribution in [0.2, 0.25) is 5.02 Å². The second-order valence-electron chi connectivity index (χ2n) is 5.81. The van der Waals surface area contributed by atoms with Crippen LogP contribution in [0, 0.1) is 0 Å². The summed E-state index contributed by atoms with van der Waals surface area (Å²) in [6.07, 6.45) is 2.04. The van der Waals surface area contributed by atoms with Crippen LogP contribution in [0.25, 0.3) is 0 Å². The minimum absolute atomic E-state index is 0.0603. The lowest BCUT2D eigenvalue weighted by atomic mass is 10.1. The lowest BCUT2D eigenvalue weighted by molar-refractivity contribution is -0.121. The zero-order valence-corrected chi connectivity index (χ0v) is 15.3. The van der Waals surface area contributed by atoms with Crippen LogP contribution in [-0.2, 0) is 16.0 Å². The van der Waals surface area contributed by atoms with Gasteiger partial charge in [-0.3, -0.25) is 4.79 Å². The fourth-order valence-electron chi connectivity index (χ4n) is 2.58. The number of amides is 1. The number of benzene rings is 2. The summed E-state index contributed by atoms with van der Waals surface area (Å²) in [4.78, 5) is 26.2. The number of furan rings is 1. The summed E-state index contributed by atoms with van der Waals surface area (Å²) in [6.45, 7) is 0.0692. The number of carbonyl (C=O) groups excluding carboxylic acids is 2. The van der Waals surface area contributed by atoms with Crippen LogP contribution in [0.1, 0.15) is 16.1 Å². The first-order chi connectivity index (χ1) is 13.1. The molecule has 0 spiro atoms. The molecule has 27 heavy (non-hydrogen) atoms. The molecule has 1 heterocycles. The molecular weight excluding hydrogens is 366 g/mol. The van der Waals surface area contributed by atoms with E-state index in [0.717, 1.165) is 5.56 Å². The van der Waals surface area contributed by atoms with E-state index in [1.807, 2.05) is 30.3 Å². The highest BCUT2D eigenvalue weighted by Gasteiger charge is 2.19. The van der Waals surface area contributed by atoms with Crippen molar-refractivity contribution in [2.24, 2.45) is 0 Å². The Kier molecular flexibility index (Phi) is 6.28. The van der Waals surface area contributed by atoms with Gasteiger partial charge in [0.05, 0.1) is 6.26 Å². The molecule has 0 radical (unpaired) electrons. The molecule has 0 saturated heterocycles. The van der Waals surface area contributed by atoms with Gasteiger partial charge in [0.15, 0.2) is 6.61 Å². The average molecular weight is 384 g/mol. The SMILES string of the molecule is O=C(OCC(=O)N(CCc1ccccc1)c1ccc(Cl)cc1)c1ccco1. The van der Waals surface area contributed by atoms with Gasteiger partial charge in [-0.1, -0.05) is 41.9 Å². The van der Waals surface area contributed by atoms with Crippen molar-refractivity contribution in [3.63, 3.8) is 0 Å². The molecule has 6 heteroatoms. The first-order valence-electron chi connectivity index (χ1n) is 8.44. The van der Waals surface area contributed by atoms with Crippen LogP contribution < -0.4 is 4.90 Å². The fourth-order valence-corrected chi connectivity index (χ4v) is 2.70. The van der Waals surface area contributed by atoms with Crippen LogP contribution in [0.5, 0.6) is 0 Å². The Labute approximate surface area is 162 Å². The molecule has 0 atom stereocenters. The molecule has 0 aliphatic rings. The van der Waals surface area contributed by atoms with Crippen molar-refractivity contribution in [3.8, 4) is 0 Å². The van der Waals surface area contributed by atoms with Gasteiger partial charge in [0.2, 0.25) is 5.76 Å². The number of hydrogen-bond donors (Lipinski definition) is 0. The van der Waals surface area contributed by atoms with E-state index in [9.17, 15) is 9.59 Å². The Bertz CT molecular complexity index is 876. The zero-order valence-electron chi connectivity index (χ0n) is 14.5. The molecule has 3 aromatic rings. The largest absolute Gasteiger partial charge is 0.457 e. The maximum Gasteiger partial charge on any atom is 0.374 e.